The number of hydrogen-bond donors (Lipinski definition) is 2. The number of rotatable bonds is 7. The van der Waals surface area contributed by atoms with Gasteiger partial charge in [0, 0.05) is 39.8 Å². The minimum atomic E-state index is 0. The van der Waals surface area contributed by atoms with Crippen molar-refractivity contribution in [2.24, 2.45) is 4.99 Å². The zero-order valence-electron chi connectivity index (χ0n) is 15.1. The average Bonchev–Trinajstić information content (AvgIpc) is 2.52. The minimum Gasteiger partial charge on any atom is -0.357 e. The highest BCUT2D eigenvalue weighted by atomic mass is 127. The second-order valence-electron chi connectivity index (χ2n) is 6.18. The molecule has 136 valence electrons. The number of aliphatic imine (C=N–C) groups is 1. The van der Waals surface area contributed by atoms with E-state index >= 15 is 0 Å². The summed E-state index contributed by atoms with van der Waals surface area (Å²) in [6, 6.07) is 0.727. The topological polar surface area (TPSA) is 60.0 Å². The van der Waals surface area contributed by atoms with Crippen LogP contribution in [-0.4, -0.2) is 75.0 Å². The molecular weight excluding hydrogens is 405 g/mol. The normalized spacial score (nSPS) is 16.0. The number of carbonyl (C=O) groups excluding carboxylic acids is 1. The van der Waals surface area contributed by atoms with E-state index in [4.69, 9.17) is 0 Å². The van der Waals surface area contributed by atoms with Crippen molar-refractivity contribution in [3.8, 4) is 0 Å². The van der Waals surface area contributed by atoms with E-state index in [9.17, 15) is 4.79 Å². The molecule has 2 N–H and O–H groups in total. The van der Waals surface area contributed by atoms with E-state index in [2.05, 4.69) is 27.6 Å². The largest absolute Gasteiger partial charge is 0.357 e. The fourth-order valence-electron chi connectivity index (χ4n) is 2.68. The second kappa shape index (κ2) is 12.8. The van der Waals surface area contributed by atoms with Gasteiger partial charge >= 0.3 is 0 Å². The van der Waals surface area contributed by atoms with Crippen LogP contribution in [0, 0.1) is 0 Å². The summed E-state index contributed by atoms with van der Waals surface area (Å²) in [6.07, 6.45) is 6.75. The summed E-state index contributed by atoms with van der Waals surface area (Å²) in [7, 11) is 5.70. The van der Waals surface area contributed by atoms with Crippen LogP contribution in [0.5, 0.6) is 0 Å². The lowest BCUT2D eigenvalue weighted by atomic mass is 9.94. The average molecular weight is 439 g/mol. The third kappa shape index (κ3) is 9.34. The van der Waals surface area contributed by atoms with E-state index in [0.717, 1.165) is 31.6 Å². The van der Waals surface area contributed by atoms with Gasteiger partial charge in [0.1, 0.15) is 6.54 Å². The van der Waals surface area contributed by atoms with Crippen LogP contribution in [0.2, 0.25) is 0 Å². The fourth-order valence-corrected chi connectivity index (χ4v) is 2.68. The number of halogens is 1. The fraction of sp³-hybridized carbons (Fsp3) is 0.875. The van der Waals surface area contributed by atoms with E-state index in [1.807, 2.05) is 6.92 Å². The molecule has 1 aliphatic rings. The number of guanidine groups is 1. The predicted molar refractivity (Wildman–Crippen MR) is 108 cm³/mol. The zero-order chi connectivity index (χ0) is 16.4. The monoisotopic (exact) mass is 439 g/mol. The van der Waals surface area contributed by atoms with Crippen LogP contribution in [0.4, 0.5) is 0 Å². The van der Waals surface area contributed by atoms with Crippen molar-refractivity contribution in [3.05, 3.63) is 0 Å². The lowest BCUT2D eigenvalue weighted by Crippen LogP contribution is -2.43. The molecule has 0 aromatic rings. The lowest BCUT2D eigenvalue weighted by Gasteiger charge is -2.31. The van der Waals surface area contributed by atoms with Gasteiger partial charge in [0.05, 0.1) is 0 Å². The van der Waals surface area contributed by atoms with Gasteiger partial charge in [0.2, 0.25) is 5.91 Å². The van der Waals surface area contributed by atoms with E-state index in [1.54, 1.807) is 19.0 Å². The molecule has 1 saturated carbocycles. The number of amides is 1. The first-order valence-electron chi connectivity index (χ1n) is 8.47. The Morgan fingerprint density at radius 1 is 1.13 bits per heavy atom. The molecule has 1 fully saturated rings. The van der Waals surface area contributed by atoms with Gasteiger partial charge in [-0.05, 0) is 26.8 Å². The van der Waals surface area contributed by atoms with Gasteiger partial charge in [-0.25, -0.2) is 4.99 Å². The minimum absolute atomic E-state index is 0. The molecule has 7 heteroatoms. The molecule has 1 rings (SSSR count). The molecule has 0 heterocycles. The number of nitrogens with one attached hydrogen (secondary N) is 2. The summed E-state index contributed by atoms with van der Waals surface area (Å²) in [5, 5.41) is 6.49. The Morgan fingerprint density at radius 3 is 2.35 bits per heavy atom. The summed E-state index contributed by atoms with van der Waals surface area (Å²) < 4.78 is 0. The molecule has 0 aromatic carbocycles. The van der Waals surface area contributed by atoms with Gasteiger partial charge in [-0.3, -0.25) is 4.79 Å². The van der Waals surface area contributed by atoms with Crippen molar-refractivity contribution >= 4 is 35.8 Å². The molecule has 0 spiro atoms. The van der Waals surface area contributed by atoms with Crippen LogP contribution in [0.25, 0.3) is 0 Å². The van der Waals surface area contributed by atoms with Gasteiger partial charge in [0.15, 0.2) is 5.96 Å². The quantitative estimate of drug-likeness (QED) is 0.359. The first-order chi connectivity index (χ1) is 10.5. The second-order valence-corrected chi connectivity index (χ2v) is 6.18. The number of hydrogen-bond acceptors (Lipinski definition) is 3. The molecule has 23 heavy (non-hydrogen) atoms. The molecule has 0 unspecified atom stereocenters. The summed E-state index contributed by atoms with van der Waals surface area (Å²) in [6.45, 7) is 4.84. The Morgan fingerprint density at radius 2 is 1.78 bits per heavy atom. The molecule has 0 aliphatic heterocycles. The zero-order valence-corrected chi connectivity index (χ0v) is 17.4. The molecule has 0 bridgehead atoms. The summed E-state index contributed by atoms with van der Waals surface area (Å²) in [4.78, 5) is 19.9. The van der Waals surface area contributed by atoms with Crippen LogP contribution in [-0.2, 0) is 4.79 Å². The molecule has 6 nitrogen and oxygen atoms in total. The van der Waals surface area contributed by atoms with E-state index in [1.165, 1.54) is 32.1 Å². The maximum absolute atomic E-state index is 11.6. The standard InChI is InChI=1S/C16H33N5O.HI/c1-5-17-16(19-13-15(22)20(2)3)18-11-12-21(4)14-9-7-6-8-10-14;/h14H,5-13H2,1-4H3,(H2,17,18,19);1H. The highest BCUT2D eigenvalue weighted by Crippen LogP contribution is 2.21. The van der Waals surface area contributed by atoms with Gasteiger partial charge in [0.25, 0.3) is 0 Å². The van der Waals surface area contributed by atoms with E-state index in [-0.39, 0.29) is 36.4 Å². The number of likely N-dealkylation sites (N-methyl/N-ethyl adjacent to an activating group) is 2. The maximum atomic E-state index is 11.6. The van der Waals surface area contributed by atoms with Crippen molar-refractivity contribution in [3.63, 3.8) is 0 Å². The van der Waals surface area contributed by atoms with Crippen molar-refractivity contribution in [1.82, 2.24) is 20.4 Å². The summed E-state index contributed by atoms with van der Waals surface area (Å²) in [5.74, 6) is 0.728. The van der Waals surface area contributed by atoms with Crippen LogP contribution in [0.3, 0.4) is 0 Å². The van der Waals surface area contributed by atoms with E-state index < -0.39 is 0 Å². The highest BCUT2D eigenvalue weighted by Gasteiger charge is 2.17. The first-order valence-corrected chi connectivity index (χ1v) is 8.47. The molecule has 0 saturated heterocycles. The smallest absolute Gasteiger partial charge is 0.243 e. The molecule has 1 aliphatic carbocycles. The summed E-state index contributed by atoms with van der Waals surface area (Å²) >= 11 is 0. The van der Waals surface area contributed by atoms with Crippen molar-refractivity contribution < 1.29 is 4.79 Å². The van der Waals surface area contributed by atoms with Gasteiger partial charge in [-0.15, -0.1) is 24.0 Å². The third-order valence-electron chi connectivity index (χ3n) is 4.17. The third-order valence-corrected chi connectivity index (χ3v) is 4.17. The summed E-state index contributed by atoms with van der Waals surface area (Å²) in [5.41, 5.74) is 0. The van der Waals surface area contributed by atoms with Crippen molar-refractivity contribution in [2.75, 3.05) is 47.3 Å². The Balaban J connectivity index is 0.00000484. The molecule has 0 atom stereocenters. The van der Waals surface area contributed by atoms with E-state index in [0.29, 0.717) is 0 Å². The number of carbonyl (C=O) groups is 1. The first kappa shape index (κ1) is 22.4. The predicted octanol–water partition coefficient (Wildman–Crippen LogP) is 1.51. The number of nitrogens with zero attached hydrogens (tertiary/aromatic N) is 3. The van der Waals surface area contributed by atoms with Gasteiger partial charge in [-0.2, -0.15) is 0 Å². The molecular formula is C16H34IN5O. The van der Waals surface area contributed by atoms with Crippen molar-refractivity contribution in [2.45, 2.75) is 45.1 Å². The highest BCUT2D eigenvalue weighted by molar-refractivity contribution is 14.0. The molecule has 0 aromatic heterocycles. The Hall–Kier alpha value is -0.570. The Kier molecular flexibility index (Phi) is 12.5. The van der Waals surface area contributed by atoms with Crippen LogP contribution < -0.4 is 10.6 Å². The SMILES string of the molecule is CCNC(=NCC(=O)N(C)C)NCCN(C)C1CCCCC1.I. The Labute approximate surface area is 158 Å². The van der Waals surface area contributed by atoms with Gasteiger partial charge in [-0.1, -0.05) is 19.3 Å². The lowest BCUT2D eigenvalue weighted by molar-refractivity contribution is -0.127. The molecule has 1 amide bonds. The maximum Gasteiger partial charge on any atom is 0.243 e. The van der Waals surface area contributed by atoms with Crippen molar-refractivity contribution in [1.29, 1.82) is 0 Å². The Bertz CT molecular complexity index is 356. The van der Waals surface area contributed by atoms with Crippen LogP contribution >= 0.6 is 24.0 Å². The van der Waals surface area contributed by atoms with Crippen LogP contribution in [0.1, 0.15) is 39.0 Å². The van der Waals surface area contributed by atoms with Crippen LogP contribution in [0.15, 0.2) is 4.99 Å². The molecule has 0 radical (unpaired) electrons. The van der Waals surface area contributed by atoms with Gasteiger partial charge < -0.3 is 20.4 Å².